The topological polar surface area (TPSA) is 12.0 Å². The highest BCUT2D eigenvalue weighted by Gasteiger charge is 2.43. The molecule has 0 spiro atoms. The highest BCUT2D eigenvalue weighted by Crippen LogP contribution is 2.51. The van der Waals surface area contributed by atoms with Crippen molar-refractivity contribution in [3.8, 4) is 0 Å². The van der Waals surface area contributed by atoms with E-state index in [4.69, 9.17) is 0 Å². The summed E-state index contributed by atoms with van der Waals surface area (Å²) in [4.78, 5) is 0. The molecular weight excluding hydrogens is 206 g/mol. The predicted molar refractivity (Wildman–Crippen MR) is 71.1 cm³/mol. The third-order valence-corrected chi connectivity index (χ3v) is 5.39. The third kappa shape index (κ3) is 1.59. The second kappa shape index (κ2) is 3.76. The fraction of sp³-hybridized carbons (Fsp3) is 0.625. The second-order valence-corrected chi connectivity index (χ2v) is 6.29. The monoisotopic (exact) mass is 227 g/mol. The lowest BCUT2D eigenvalue weighted by atomic mass is 9.79. The number of benzene rings is 1. The molecule has 2 saturated carbocycles. The molecule has 3 aliphatic rings. The minimum Gasteiger partial charge on any atom is -0.382 e. The van der Waals surface area contributed by atoms with Crippen LogP contribution in [0.15, 0.2) is 24.3 Å². The van der Waals surface area contributed by atoms with Gasteiger partial charge in [0.1, 0.15) is 0 Å². The van der Waals surface area contributed by atoms with Gasteiger partial charge in [-0.1, -0.05) is 24.6 Å². The number of aryl methyl sites for hydroxylation is 1. The highest BCUT2D eigenvalue weighted by molar-refractivity contribution is 5.53. The van der Waals surface area contributed by atoms with Crippen molar-refractivity contribution in [3.63, 3.8) is 0 Å². The molecule has 2 bridgehead atoms. The molecule has 1 aromatic rings. The van der Waals surface area contributed by atoms with E-state index in [2.05, 4.69) is 29.6 Å². The number of fused-ring (bicyclic) bond motifs is 3. The van der Waals surface area contributed by atoms with Gasteiger partial charge in [0.15, 0.2) is 0 Å². The molecule has 4 atom stereocenters. The molecule has 0 aromatic heterocycles. The largest absolute Gasteiger partial charge is 0.382 e. The van der Waals surface area contributed by atoms with Gasteiger partial charge in [-0.05, 0) is 61.5 Å². The number of hydrogen-bond donors (Lipinski definition) is 1. The van der Waals surface area contributed by atoms with Crippen LogP contribution in [0.5, 0.6) is 0 Å². The van der Waals surface area contributed by atoms with E-state index in [1.165, 1.54) is 49.8 Å². The summed E-state index contributed by atoms with van der Waals surface area (Å²) in [6.45, 7) is 0. The van der Waals surface area contributed by atoms with E-state index in [0.29, 0.717) is 0 Å². The lowest BCUT2D eigenvalue weighted by Crippen LogP contribution is -2.35. The van der Waals surface area contributed by atoms with Gasteiger partial charge >= 0.3 is 0 Å². The van der Waals surface area contributed by atoms with Crippen molar-refractivity contribution < 1.29 is 0 Å². The molecule has 2 aliphatic carbocycles. The quantitative estimate of drug-likeness (QED) is 0.768. The molecule has 17 heavy (non-hydrogen) atoms. The van der Waals surface area contributed by atoms with Crippen LogP contribution in [0.3, 0.4) is 0 Å². The summed E-state index contributed by atoms with van der Waals surface area (Å²) >= 11 is 0. The number of rotatable bonds is 1. The van der Waals surface area contributed by atoms with Crippen LogP contribution in [0.1, 0.15) is 37.7 Å². The molecular formula is C16H21N. The minimum atomic E-state index is 0.764. The summed E-state index contributed by atoms with van der Waals surface area (Å²) in [6.07, 6.45) is 8.70. The molecule has 2 unspecified atom stereocenters. The van der Waals surface area contributed by atoms with Gasteiger partial charge in [-0.15, -0.1) is 0 Å². The Kier molecular flexibility index (Phi) is 2.21. The average Bonchev–Trinajstić information content (AvgIpc) is 3.00. The van der Waals surface area contributed by atoms with Gasteiger partial charge in [0.25, 0.3) is 0 Å². The van der Waals surface area contributed by atoms with Crippen LogP contribution in [0.4, 0.5) is 5.69 Å². The van der Waals surface area contributed by atoms with E-state index in [1.807, 2.05) is 0 Å². The van der Waals surface area contributed by atoms with Crippen molar-refractivity contribution in [1.29, 1.82) is 0 Å². The maximum atomic E-state index is 3.82. The first-order valence-corrected chi connectivity index (χ1v) is 7.24. The minimum absolute atomic E-state index is 0.764. The van der Waals surface area contributed by atoms with Crippen molar-refractivity contribution >= 4 is 5.69 Å². The van der Waals surface area contributed by atoms with E-state index in [-0.39, 0.29) is 0 Å². The van der Waals surface area contributed by atoms with E-state index in [0.717, 1.165) is 23.8 Å². The summed E-state index contributed by atoms with van der Waals surface area (Å²) in [6, 6.07) is 9.63. The lowest BCUT2D eigenvalue weighted by molar-refractivity contribution is 0.282. The molecule has 4 rings (SSSR count). The Bertz CT molecular complexity index is 425. The van der Waals surface area contributed by atoms with Crippen LogP contribution >= 0.6 is 0 Å². The molecule has 1 aromatic carbocycles. The van der Waals surface area contributed by atoms with Crippen molar-refractivity contribution in [1.82, 2.24) is 0 Å². The van der Waals surface area contributed by atoms with Crippen molar-refractivity contribution in [2.24, 2.45) is 17.8 Å². The first-order chi connectivity index (χ1) is 8.40. The molecule has 0 amide bonds. The van der Waals surface area contributed by atoms with Crippen molar-refractivity contribution in [2.45, 2.75) is 44.6 Å². The third-order valence-electron chi connectivity index (χ3n) is 5.39. The molecule has 1 aliphatic heterocycles. The van der Waals surface area contributed by atoms with Crippen LogP contribution in [0.25, 0.3) is 0 Å². The average molecular weight is 227 g/mol. The van der Waals surface area contributed by atoms with E-state index in [9.17, 15) is 0 Å². The summed E-state index contributed by atoms with van der Waals surface area (Å²) in [5.74, 6) is 3.09. The number of anilines is 1. The number of nitrogens with one attached hydrogen (secondary N) is 1. The molecule has 2 fully saturated rings. The standard InChI is InChI=1S/C16H21N/c1-2-4-15-12(3-1)7-8-16(17-15)14-10-11-5-6-13(14)9-11/h1-4,11,13-14,16-17H,5-10H2/t11-,13+,14?,16?/m1/s1. The van der Waals surface area contributed by atoms with Gasteiger partial charge in [-0.25, -0.2) is 0 Å². The van der Waals surface area contributed by atoms with E-state index >= 15 is 0 Å². The van der Waals surface area contributed by atoms with Crippen LogP contribution < -0.4 is 5.32 Å². The van der Waals surface area contributed by atoms with Gasteiger partial charge in [0.05, 0.1) is 0 Å². The Morgan fingerprint density at radius 3 is 2.76 bits per heavy atom. The van der Waals surface area contributed by atoms with Gasteiger partial charge in [0, 0.05) is 11.7 Å². The smallest absolute Gasteiger partial charge is 0.0374 e. The predicted octanol–water partition coefficient (Wildman–Crippen LogP) is 3.85. The van der Waals surface area contributed by atoms with Crippen LogP contribution in [0, 0.1) is 17.8 Å². The van der Waals surface area contributed by atoms with Crippen molar-refractivity contribution in [3.05, 3.63) is 29.8 Å². The first kappa shape index (κ1) is 9.99. The molecule has 0 saturated heterocycles. The van der Waals surface area contributed by atoms with Crippen LogP contribution in [0.2, 0.25) is 0 Å². The molecule has 90 valence electrons. The summed E-state index contributed by atoms with van der Waals surface area (Å²) in [7, 11) is 0. The zero-order valence-corrected chi connectivity index (χ0v) is 10.4. The van der Waals surface area contributed by atoms with Crippen molar-refractivity contribution in [2.75, 3.05) is 5.32 Å². The van der Waals surface area contributed by atoms with Crippen LogP contribution in [-0.4, -0.2) is 6.04 Å². The molecule has 1 heteroatoms. The zero-order chi connectivity index (χ0) is 11.2. The maximum Gasteiger partial charge on any atom is 0.0374 e. The first-order valence-electron chi connectivity index (χ1n) is 7.24. The highest BCUT2D eigenvalue weighted by atomic mass is 14.9. The molecule has 1 nitrogen and oxygen atoms in total. The Morgan fingerprint density at radius 2 is 1.94 bits per heavy atom. The van der Waals surface area contributed by atoms with Crippen LogP contribution in [-0.2, 0) is 6.42 Å². The molecule has 0 radical (unpaired) electrons. The van der Waals surface area contributed by atoms with E-state index < -0.39 is 0 Å². The zero-order valence-electron chi connectivity index (χ0n) is 10.4. The lowest BCUT2D eigenvalue weighted by Gasteiger charge is -2.35. The summed E-state index contributed by atoms with van der Waals surface area (Å²) in [5.41, 5.74) is 2.93. The van der Waals surface area contributed by atoms with Gasteiger partial charge in [-0.3, -0.25) is 0 Å². The fourth-order valence-electron chi connectivity index (χ4n) is 4.57. The number of hydrogen-bond acceptors (Lipinski definition) is 1. The molecule has 1 heterocycles. The fourth-order valence-corrected chi connectivity index (χ4v) is 4.57. The second-order valence-electron chi connectivity index (χ2n) is 6.29. The molecule has 1 N–H and O–H groups in total. The Hall–Kier alpha value is -0.980. The summed E-state index contributed by atoms with van der Waals surface area (Å²) < 4.78 is 0. The Labute approximate surface area is 104 Å². The SMILES string of the molecule is c1ccc2c(c1)CCC(C1C[C@@H]3CC[C@H]1C3)N2. The van der Waals surface area contributed by atoms with Gasteiger partial charge in [-0.2, -0.15) is 0 Å². The maximum absolute atomic E-state index is 3.82. The normalized spacial score (nSPS) is 38.8. The Morgan fingerprint density at radius 1 is 1.00 bits per heavy atom. The Balaban J connectivity index is 1.55. The van der Waals surface area contributed by atoms with E-state index in [1.54, 1.807) is 0 Å². The number of para-hydroxylation sites is 1. The summed E-state index contributed by atoms with van der Waals surface area (Å²) in [5, 5.41) is 3.82. The van der Waals surface area contributed by atoms with Gasteiger partial charge < -0.3 is 5.32 Å². The van der Waals surface area contributed by atoms with Gasteiger partial charge in [0.2, 0.25) is 0 Å².